The van der Waals surface area contributed by atoms with Crippen LogP contribution in [0.4, 0.5) is 15.8 Å². The Morgan fingerprint density at radius 2 is 2.00 bits per heavy atom. The number of carbonyl (C=O) groups is 1. The number of nitrogens with zero attached hydrogens (tertiary/aromatic N) is 2. The molecule has 0 bridgehead atoms. The van der Waals surface area contributed by atoms with Crippen LogP contribution in [-0.2, 0) is 4.79 Å². The first-order valence-corrected chi connectivity index (χ1v) is 6.37. The number of likely N-dealkylation sites (N-methyl/N-ethyl adjacent to an activating group) is 1. The number of nitrogen functional groups attached to an aromatic ring is 1. The van der Waals surface area contributed by atoms with Gasteiger partial charge in [-0.05, 0) is 31.0 Å². The van der Waals surface area contributed by atoms with Crippen molar-refractivity contribution in [2.45, 2.75) is 20.3 Å². The third-order valence-corrected chi connectivity index (χ3v) is 2.97. The second-order valence-electron chi connectivity index (χ2n) is 4.87. The van der Waals surface area contributed by atoms with Crippen LogP contribution in [0.3, 0.4) is 0 Å². The van der Waals surface area contributed by atoms with Gasteiger partial charge in [0.05, 0.1) is 17.9 Å². The molecule has 0 saturated heterocycles. The van der Waals surface area contributed by atoms with E-state index in [0.29, 0.717) is 17.8 Å². The number of hydrogen-bond acceptors (Lipinski definition) is 3. The lowest BCUT2D eigenvalue weighted by Gasteiger charge is -2.27. The fourth-order valence-corrected chi connectivity index (χ4v) is 1.81. The van der Waals surface area contributed by atoms with Gasteiger partial charge in [0.15, 0.2) is 0 Å². The van der Waals surface area contributed by atoms with Gasteiger partial charge in [-0.25, -0.2) is 4.39 Å². The third-order valence-electron chi connectivity index (χ3n) is 2.97. The summed E-state index contributed by atoms with van der Waals surface area (Å²) in [7, 11) is 3.43. The number of nitrogens with two attached hydrogens (primary N) is 1. The number of anilines is 2. The van der Waals surface area contributed by atoms with Gasteiger partial charge in [0.2, 0.25) is 5.91 Å². The molecule has 0 radical (unpaired) electrons. The third kappa shape index (κ3) is 3.84. The summed E-state index contributed by atoms with van der Waals surface area (Å²) in [6, 6.07) is 3.01. The minimum absolute atomic E-state index is 0.00479. The van der Waals surface area contributed by atoms with E-state index in [4.69, 9.17) is 5.73 Å². The van der Waals surface area contributed by atoms with Crippen molar-refractivity contribution in [3.63, 3.8) is 0 Å². The molecule has 106 valence electrons. The van der Waals surface area contributed by atoms with Crippen LogP contribution in [-0.4, -0.2) is 38.0 Å². The molecule has 0 aromatic heterocycles. The molecule has 4 nitrogen and oxygen atoms in total. The highest BCUT2D eigenvalue weighted by molar-refractivity contribution is 5.83. The van der Waals surface area contributed by atoms with Crippen LogP contribution < -0.4 is 10.6 Å². The van der Waals surface area contributed by atoms with E-state index >= 15 is 0 Å². The van der Waals surface area contributed by atoms with Crippen LogP contribution in [0, 0.1) is 12.7 Å². The Hall–Kier alpha value is -1.78. The van der Waals surface area contributed by atoms with Gasteiger partial charge in [0.25, 0.3) is 0 Å². The first kappa shape index (κ1) is 15.3. The molecule has 1 aromatic rings. The van der Waals surface area contributed by atoms with E-state index in [1.54, 1.807) is 27.1 Å². The molecular weight excluding hydrogens is 245 g/mol. The highest BCUT2D eigenvalue weighted by Gasteiger charge is 2.16. The van der Waals surface area contributed by atoms with Crippen LogP contribution in [0.15, 0.2) is 12.1 Å². The number of benzene rings is 1. The molecule has 0 unspecified atom stereocenters. The van der Waals surface area contributed by atoms with Crippen molar-refractivity contribution >= 4 is 17.3 Å². The Morgan fingerprint density at radius 1 is 1.37 bits per heavy atom. The van der Waals surface area contributed by atoms with E-state index in [1.807, 2.05) is 11.8 Å². The maximum Gasteiger partial charge on any atom is 0.241 e. The largest absolute Gasteiger partial charge is 0.397 e. The second kappa shape index (κ2) is 6.41. The monoisotopic (exact) mass is 267 g/mol. The SMILES string of the molecule is CCCN(CC(=O)N(C)C)c1cc(C)c(F)cc1N. The van der Waals surface area contributed by atoms with Gasteiger partial charge >= 0.3 is 0 Å². The normalized spacial score (nSPS) is 10.4. The topological polar surface area (TPSA) is 49.6 Å². The van der Waals surface area contributed by atoms with E-state index in [-0.39, 0.29) is 18.3 Å². The van der Waals surface area contributed by atoms with E-state index in [2.05, 4.69) is 0 Å². The number of aryl methyl sites for hydroxylation is 1. The summed E-state index contributed by atoms with van der Waals surface area (Å²) in [5.74, 6) is -0.327. The molecule has 0 aliphatic heterocycles. The lowest BCUT2D eigenvalue weighted by molar-refractivity contribution is -0.127. The molecule has 1 rings (SSSR count). The Balaban J connectivity index is 3.05. The zero-order valence-electron chi connectivity index (χ0n) is 12.0. The van der Waals surface area contributed by atoms with Crippen molar-refractivity contribution in [3.8, 4) is 0 Å². The predicted octanol–water partition coefficient (Wildman–Crippen LogP) is 2.02. The van der Waals surface area contributed by atoms with Gasteiger partial charge in [-0.1, -0.05) is 6.92 Å². The van der Waals surface area contributed by atoms with E-state index < -0.39 is 0 Å². The molecule has 0 spiro atoms. The van der Waals surface area contributed by atoms with Gasteiger partial charge in [-0.2, -0.15) is 0 Å². The van der Waals surface area contributed by atoms with Crippen molar-refractivity contribution in [3.05, 3.63) is 23.5 Å². The summed E-state index contributed by atoms with van der Waals surface area (Å²) in [6.07, 6.45) is 0.885. The van der Waals surface area contributed by atoms with Crippen LogP contribution in [0.1, 0.15) is 18.9 Å². The van der Waals surface area contributed by atoms with Gasteiger partial charge in [0.1, 0.15) is 5.82 Å². The molecule has 0 aliphatic rings. The van der Waals surface area contributed by atoms with Crippen molar-refractivity contribution in [2.24, 2.45) is 0 Å². The standard InChI is InChI=1S/C14H22FN3O/c1-5-6-18(9-14(19)17(3)4)13-7-10(2)11(15)8-12(13)16/h7-8H,5-6,9,16H2,1-4H3. The summed E-state index contributed by atoms with van der Waals surface area (Å²) < 4.78 is 13.4. The molecule has 2 N–H and O–H groups in total. The minimum atomic E-state index is -0.323. The molecule has 1 aromatic carbocycles. The van der Waals surface area contributed by atoms with E-state index in [9.17, 15) is 9.18 Å². The Bertz CT molecular complexity index is 460. The summed E-state index contributed by atoms with van der Waals surface area (Å²) in [5.41, 5.74) is 7.48. The Labute approximate surface area is 114 Å². The molecule has 19 heavy (non-hydrogen) atoms. The molecule has 0 aliphatic carbocycles. The van der Waals surface area contributed by atoms with Gasteiger partial charge in [-0.15, -0.1) is 0 Å². The smallest absolute Gasteiger partial charge is 0.241 e. The zero-order valence-corrected chi connectivity index (χ0v) is 12.0. The maximum absolute atomic E-state index is 13.4. The highest BCUT2D eigenvalue weighted by atomic mass is 19.1. The first-order chi connectivity index (χ1) is 8.86. The lowest BCUT2D eigenvalue weighted by Crippen LogP contribution is -2.37. The predicted molar refractivity (Wildman–Crippen MR) is 76.7 cm³/mol. The van der Waals surface area contributed by atoms with Crippen molar-refractivity contribution < 1.29 is 9.18 Å². The van der Waals surface area contributed by atoms with Crippen LogP contribution in [0.25, 0.3) is 0 Å². The summed E-state index contributed by atoms with van der Waals surface area (Å²) in [4.78, 5) is 15.3. The number of carbonyl (C=O) groups excluding carboxylic acids is 1. The Kier molecular flexibility index (Phi) is 5.15. The number of amides is 1. The summed E-state index contributed by atoms with van der Waals surface area (Å²) >= 11 is 0. The molecule has 0 atom stereocenters. The lowest BCUT2D eigenvalue weighted by atomic mass is 10.1. The maximum atomic E-state index is 13.4. The van der Waals surface area contributed by atoms with Gasteiger partial charge in [0, 0.05) is 20.6 Å². The molecule has 5 heteroatoms. The highest BCUT2D eigenvalue weighted by Crippen LogP contribution is 2.26. The summed E-state index contributed by atoms with van der Waals surface area (Å²) in [5, 5.41) is 0. The second-order valence-corrected chi connectivity index (χ2v) is 4.87. The molecular formula is C14H22FN3O. The van der Waals surface area contributed by atoms with Crippen LogP contribution >= 0.6 is 0 Å². The van der Waals surface area contributed by atoms with Gasteiger partial charge < -0.3 is 15.5 Å². The fourth-order valence-electron chi connectivity index (χ4n) is 1.81. The molecule has 0 heterocycles. The van der Waals surface area contributed by atoms with Crippen molar-refractivity contribution in [1.29, 1.82) is 0 Å². The minimum Gasteiger partial charge on any atom is -0.397 e. The van der Waals surface area contributed by atoms with E-state index in [1.165, 1.54) is 11.0 Å². The first-order valence-electron chi connectivity index (χ1n) is 6.37. The average Bonchev–Trinajstić information content (AvgIpc) is 2.33. The van der Waals surface area contributed by atoms with Crippen LogP contribution in [0.2, 0.25) is 0 Å². The Morgan fingerprint density at radius 3 is 2.53 bits per heavy atom. The van der Waals surface area contributed by atoms with Crippen LogP contribution in [0.5, 0.6) is 0 Å². The molecule has 1 amide bonds. The average molecular weight is 267 g/mol. The quantitative estimate of drug-likeness (QED) is 0.830. The summed E-state index contributed by atoms with van der Waals surface area (Å²) in [6.45, 7) is 4.67. The fraction of sp³-hybridized carbons (Fsp3) is 0.500. The molecule has 0 fully saturated rings. The number of hydrogen-bond donors (Lipinski definition) is 1. The number of halogens is 1. The molecule has 0 saturated carbocycles. The van der Waals surface area contributed by atoms with Crippen molar-refractivity contribution in [1.82, 2.24) is 4.90 Å². The number of rotatable bonds is 5. The van der Waals surface area contributed by atoms with Gasteiger partial charge in [-0.3, -0.25) is 4.79 Å². The zero-order chi connectivity index (χ0) is 14.6. The van der Waals surface area contributed by atoms with Crippen molar-refractivity contribution in [2.75, 3.05) is 37.8 Å². The van der Waals surface area contributed by atoms with E-state index in [0.717, 1.165) is 12.1 Å².